The van der Waals surface area contributed by atoms with Gasteiger partial charge in [0.1, 0.15) is 0 Å². The Hall–Kier alpha value is -2.13. The molecular formula is C15H18N2O. The van der Waals surface area contributed by atoms with Gasteiger partial charge in [-0.3, -0.25) is 4.79 Å². The van der Waals surface area contributed by atoms with Crippen molar-refractivity contribution in [1.82, 2.24) is 0 Å². The van der Waals surface area contributed by atoms with E-state index in [1.54, 1.807) is 0 Å². The summed E-state index contributed by atoms with van der Waals surface area (Å²) in [4.78, 5) is 8.58. The molecule has 0 heterocycles. The summed E-state index contributed by atoms with van der Waals surface area (Å²) in [5, 5.41) is 0. The molecule has 0 saturated carbocycles. The van der Waals surface area contributed by atoms with Crippen LogP contribution in [0.4, 0.5) is 0 Å². The second-order valence-electron chi connectivity index (χ2n) is 3.91. The molecule has 3 heteroatoms. The smallest absolute Gasteiger partial charge is 0.204 e. The van der Waals surface area contributed by atoms with E-state index in [-0.39, 0.29) is 6.41 Å². The first-order chi connectivity index (χ1) is 8.71. The Morgan fingerprint density at radius 3 is 2.17 bits per heavy atom. The van der Waals surface area contributed by atoms with Crippen LogP contribution in [0.15, 0.2) is 48.5 Å². The lowest BCUT2D eigenvalue weighted by molar-refractivity contribution is -0.106. The molecule has 0 atom stereocenters. The predicted molar refractivity (Wildman–Crippen MR) is 74.8 cm³/mol. The predicted octanol–water partition coefficient (Wildman–Crippen LogP) is 2.22. The van der Waals surface area contributed by atoms with E-state index in [9.17, 15) is 0 Å². The molecule has 2 aromatic rings. The van der Waals surface area contributed by atoms with E-state index in [1.165, 1.54) is 22.3 Å². The molecule has 0 spiro atoms. The second-order valence-corrected chi connectivity index (χ2v) is 3.91. The number of rotatable bonds is 2. The molecule has 2 aromatic carbocycles. The van der Waals surface area contributed by atoms with E-state index >= 15 is 0 Å². The molecule has 3 nitrogen and oxygen atoms in total. The highest BCUT2D eigenvalue weighted by molar-refractivity contribution is 5.64. The van der Waals surface area contributed by atoms with Gasteiger partial charge in [0.15, 0.2) is 0 Å². The molecule has 18 heavy (non-hydrogen) atoms. The maximum atomic E-state index is 8.58. The van der Waals surface area contributed by atoms with Gasteiger partial charge in [-0.2, -0.15) is 0 Å². The molecule has 0 aliphatic heterocycles. The first kappa shape index (κ1) is 13.9. The molecule has 0 aromatic heterocycles. The molecule has 2 rings (SSSR count). The third-order valence-corrected chi connectivity index (χ3v) is 2.54. The summed E-state index contributed by atoms with van der Waals surface area (Å²) < 4.78 is 0. The largest absolute Gasteiger partial charge is 0.372 e. The zero-order valence-corrected chi connectivity index (χ0v) is 10.5. The van der Waals surface area contributed by atoms with Crippen LogP contribution < -0.4 is 11.5 Å². The first-order valence-corrected chi connectivity index (χ1v) is 5.72. The molecule has 0 saturated heterocycles. The minimum absolute atomic E-state index is 0.250. The molecule has 0 aliphatic rings. The van der Waals surface area contributed by atoms with Gasteiger partial charge in [0.05, 0.1) is 0 Å². The lowest BCUT2D eigenvalue weighted by Gasteiger charge is -2.03. The zero-order chi connectivity index (χ0) is 13.4. The van der Waals surface area contributed by atoms with Crippen LogP contribution in [0.2, 0.25) is 0 Å². The van der Waals surface area contributed by atoms with Gasteiger partial charge >= 0.3 is 0 Å². The third-order valence-electron chi connectivity index (χ3n) is 2.54. The van der Waals surface area contributed by atoms with Crippen LogP contribution >= 0.6 is 0 Å². The monoisotopic (exact) mass is 242 g/mol. The van der Waals surface area contributed by atoms with Crippen molar-refractivity contribution in [2.24, 2.45) is 11.5 Å². The minimum Gasteiger partial charge on any atom is -0.372 e. The summed E-state index contributed by atoms with van der Waals surface area (Å²) in [6.45, 7) is 2.71. The third kappa shape index (κ3) is 4.03. The maximum Gasteiger partial charge on any atom is 0.204 e. The number of amides is 1. The Morgan fingerprint density at radius 2 is 1.67 bits per heavy atom. The molecule has 0 aliphatic carbocycles. The zero-order valence-electron chi connectivity index (χ0n) is 10.5. The molecule has 0 radical (unpaired) electrons. The van der Waals surface area contributed by atoms with Crippen LogP contribution in [-0.2, 0) is 11.3 Å². The van der Waals surface area contributed by atoms with E-state index < -0.39 is 0 Å². The van der Waals surface area contributed by atoms with E-state index in [2.05, 4.69) is 61.2 Å². The van der Waals surface area contributed by atoms with Gasteiger partial charge in [0.2, 0.25) is 6.41 Å². The van der Waals surface area contributed by atoms with Crippen LogP contribution in [0, 0.1) is 6.92 Å². The summed E-state index contributed by atoms with van der Waals surface area (Å²) >= 11 is 0. The first-order valence-electron chi connectivity index (χ1n) is 5.72. The number of hydrogen-bond acceptors (Lipinski definition) is 2. The number of carbonyl (C=O) groups excluding carboxylic acids is 1. The summed E-state index contributed by atoms with van der Waals surface area (Å²) in [5.41, 5.74) is 14.7. The number of benzene rings is 2. The number of carbonyl (C=O) groups is 1. The quantitative estimate of drug-likeness (QED) is 0.793. The van der Waals surface area contributed by atoms with Crippen molar-refractivity contribution < 1.29 is 4.79 Å². The van der Waals surface area contributed by atoms with Crippen molar-refractivity contribution in [3.05, 3.63) is 59.7 Å². The maximum absolute atomic E-state index is 8.58. The van der Waals surface area contributed by atoms with Gasteiger partial charge in [0.25, 0.3) is 0 Å². The molecule has 0 fully saturated rings. The van der Waals surface area contributed by atoms with Crippen LogP contribution in [0.3, 0.4) is 0 Å². The van der Waals surface area contributed by atoms with Gasteiger partial charge in [-0.15, -0.1) is 0 Å². The van der Waals surface area contributed by atoms with Crippen molar-refractivity contribution in [3.8, 4) is 11.1 Å². The Labute approximate surface area is 107 Å². The fourth-order valence-corrected chi connectivity index (χ4v) is 1.66. The van der Waals surface area contributed by atoms with E-state index in [0.717, 1.165) is 0 Å². The Kier molecular flexibility index (Phi) is 5.61. The number of primary amides is 1. The molecule has 94 valence electrons. The highest BCUT2D eigenvalue weighted by Crippen LogP contribution is 2.20. The Balaban J connectivity index is 0.000000492. The van der Waals surface area contributed by atoms with Gasteiger partial charge in [-0.25, -0.2) is 0 Å². The molecule has 0 unspecified atom stereocenters. The molecular weight excluding hydrogens is 224 g/mol. The van der Waals surface area contributed by atoms with Crippen molar-refractivity contribution in [2.45, 2.75) is 13.5 Å². The molecule has 4 N–H and O–H groups in total. The lowest BCUT2D eigenvalue weighted by Crippen LogP contribution is -1.95. The van der Waals surface area contributed by atoms with Crippen LogP contribution in [-0.4, -0.2) is 6.41 Å². The number of aryl methyl sites for hydroxylation is 1. The SMILES string of the molecule is Cc1cccc(-c2ccc(CN)cc2)c1.NC=O. The van der Waals surface area contributed by atoms with E-state index in [4.69, 9.17) is 10.5 Å². The van der Waals surface area contributed by atoms with Gasteiger partial charge in [-0.1, -0.05) is 54.1 Å². The summed E-state index contributed by atoms with van der Waals surface area (Å²) in [6, 6.07) is 16.9. The average Bonchev–Trinajstić information content (AvgIpc) is 2.40. The average molecular weight is 242 g/mol. The Bertz CT molecular complexity index is 492. The highest BCUT2D eigenvalue weighted by Gasteiger charge is 1.97. The standard InChI is InChI=1S/C14H15N.CH3NO/c1-11-3-2-4-14(9-11)13-7-5-12(10-15)6-8-13;2-1-3/h2-9H,10,15H2,1H3;1H,(H2,2,3). The summed E-state index contributed by atoms with van der Waals surface area (Å²) in [6.07, 6.45) is 0.250. The fourth-order valence-electron chi connectivity index (χ4n) is 1.66. The van der Waals surface area contributed by atoms with Crippen molar-refractivity contribution in [3.63, 3.8) is 0 Å². The lowest BCUT2D eigenvalue weighted by atomic mass is 10.0. The summed E-state index contributed by atoms with van der Waals surface area (Å²) in [7, 11) is 0. The fraction of sp³-hybridized carbons (Fsp3) is 0.133. The Morgan fingerprint density at radius 1 is 1.06 bits per heavy atom. The van der Waals surface area contributed by atoms with Crippen molar-refractivity contribution in [1.29, 1.82) is 0 Å². The van der Waals surface area contributed by atoms with Crippen LogP contribution in [0.1, 0.15) is 11.1 Å². The van der Waals surface area contributed by atoms with E-state index in [0.29, 0.717) is 6.54 Å². The second kappa shape index (κ2) is 7.25. The van der Waals surface area contributed by atoms with Crippen LogP contribution in [0.25, 0.3) is 11.1 Å². The van der Waals surface area contributed by atoms with Crippen molar-refractivity contribution >= 4 is 6.41 Å². The molecule has 1 amide bonds. The summed E-state index contributed by atoms with van der Waals surface area (Å²) in [5.74, 6) is 0. The van der Waals surface area contributed by atoms with Gasteiger partial charge in [-0.05, 0) is 23.6 Å². The van der Waals surface area contributed by atoms with Crippen LogP contribution in [0.5, 0.6) is 0 Å². The minimum atomic E-state index is 0.250. The van der Waals surface area contributed by atoms with Gasteiger partial charge < -0.3 is 11.5 Å². The number of hydrogen-bond donors (Lipinski definition) is 2. The highest BCUT2D eigenvalue weighted by atomic mass is 16.1. The van der Waals surface area contributed by atoms with Crippen molar-refractivity contribution in [2.75, 3.05) is 0 Å². The topological polar surface area (TPSA) is 69.1 Å². The van der Waals surface area contributed by atoms with Gasteiger partial charge in [0, 0.05) is 6.54 Å². The molecule has 0 bridgehead atoms. The van der Waals surface area contributed by atoms with E-state index in [1.807, 2.05) is 0 Å². The number of nitrogens with two attached hydrogens (primary N) is 2. The normalized spacial score (nSPS) is 9.22.